The number of nitrogens with one attached hydrogen (secondary N) is 1. The molecule has 1 aromatic carbocycles. The summed E-state index contributed by atoms with van der Waals surface area (Å²) < 4.78 is 5.94. The van der Waals surface area contributed by atoms with Gasteiger partial charge in [0.25, 0.3) is 0 Å². The lowest BCUT2D eigenvalue weighted by Crippen LogP contribution is -2.23. The van der Waals surface area contributed by atoms with Crippen LogP contribution in [0.15, 0.2) is 30.5 Å². The molecule has 20 heavy (non-hydrogen) atoms. The fourth-order valence-corrected chi connectivity index (χ4v) is 2.76. The van der Waals surface area contributed by atoms with Gasteiger partial charge in [-0.1, -0.05) is 12.1 Å². The van der Waals surface area contributed by atoms with Crippen LogP contribution in [0.1, 0.15) is 23.7 Å². The zero-order chi connectivity index (χ0) is 13.9. The van der Waals surface area contributed by atoms with E-state index in [1.807, 2.05) is 20.0 Å². The summed E-state index contributed by atoms with van der Waals surface area (Å²) in [6, 6.07) is 8.26. The van der Waals surface area contributed by atoms with Crippen LogP contribution in [0.4, 0.5) is 0 Å². The highest BCUT2D eigenvalue weighted by Gasteiger charge is 2.23. The number of aryl methyl sites for hydroxylation is 1. The van der Waals surface area contributed by atoms with E-state index in [1.165, 1.54) is 5.56 Å². The molecule has 0 fully saturated rings. The molecule has 0 spiro atoms. The first-order chi connectivity index (χ1) is 9.79. The molecule has 104 valence electrons. The molecule has 0 saturated heterocycles. The average molecular weight is 269 g/mol. The molecule has 0 radical (unpaired) electrons. The van der Waals surface area contributed by atoms with E-state index in [2.05, 4.69) is 33.5 Å². The van der Waals surface area contributed by atoms with Crippen molar-refractivity contribution < 1.29 is 4.74 Å². The van der Waals surface area contributed by atoms with Crippen LogP contribution < -0.4 is 10.1 Å². The number of aromatic nitrogens is 2. The van der Waals surface area contributed by atoms with E-state index < -0.39 is 0 Å². The molecule has 0 saturated carbocycles. The summed E-state index contributed by atoms with van der Waals surface area (Å²) in [5.41, 5.74) is 3.27. The summed E-state index contributed by atoms with van der Waals surface area (Å²) >= 11 is 0. The average Bonchev–Trinajstić information content (AvgIpc) is 2.47. The second kappa shape index (κ2) is 5.59. The maximum atomic E-state index is 5.94. The number of hydrogen-bond donors (Lipinski definition) is 1. The van der Waals surface area contributed by atoms with Gasteiger partial charge in [-0.25, -0.2) is 9.97 Å². The van der Waals surface area contributed by atoms with Crippen LogP contribution >= 0.6 is 0 Å². The van der Waals surface area contributed by atoms with Crippen LogP contribution in [-0.2, 0) is 0 Å². The molecule has 1 aromatic heterocycles. The number of benzene rings is 1. The van der Waals surface area contributed by atoms with E-state index in [-0.39, 0.29) is 0 Å². The SMILES string of the molecule is CNC[C@@H]1CCOc2c(-c3ccnc(C)n3)cccc21. The summed E-state index contributed by atoms with van der Waals surface area (Å²) in [5, 5.41) is 3.27. The summed E-state index contributed by atoms with van der Waals surface area (Å²) in [4.78, 5) is 8.68. The Balaban J connectivity index is 2.07. The van der Waals surface area contributed by atoms with Gasteiger partial charge < -0.3 is 10.1 Å². The zero-order valence-electron chi connectivity index (χ0n) is 11.9. The molecule has 1 N–H and O–H groups in total. The normalized spacial score (nSPS) is 17.4. The minimum Gasteiger partial charge on any atom is -0.493 e. The first kappa shape index (κ1) is 13.1. The molecule has 4 nitrogen and oxygen atoms in total. The Morgan fingerprint density at radius 1 is 1.35 bits per heavy atom. The Kier molecular flexibility index (Phi) is 3.65. The molecule has 0 bridgehead atoms. The Morgan fingerprint density at radius 2 is 2.25 bits per heavy atom. The summed E-state index contributed by atoms with van der Waals surface area (Å²) in [7, 11) is 1.99. The highest BCUT2D eigenvalue weighted by atomic mass is 16.5. The molecule has 0 amide bonds. The molecule has 1 aliphatic rings. The van der Waals surface area contributed by atoms with Crippen molar-refractivity contribution in [3.8, 4) is 17.0 Å². The standard InChI is InChI=1S/C16H19N3O/c1-11-18-8-6-15(19-11)14-5-3-4-13-12(10-17-2)7-9-20-16(13)14/h3-6,8,12,17H,7,9-10H2,1-2H3/t12-/m0/s1. The Morgan fingerprint density at radius 3 is 3.05 bits per heavy atom. The van der Waals surface area contributed by atoms with E-state index in [4.69, 9.17) is 4.74 Å². The predicted octanol–water partition coefficient (Wildman–Crippen LogP) is 2.54. The van der Waals surface area contributed by atoms with Crippen LogP contribution in [0.25, 0.3) is 11.3 Å². The van der Waals surface area contributed by atoms with Crippen LogP contribution in [0.5, 0.6) is 5.75 Å². The van der Waals surface area contributed by atoms with Crippen molar-refractivity contribution >= 4 is 0 Å². The van der Waals surface area contributed by atoms with E-state index in [0.717, 1.165) is 42.4 Å². The summed E-state index contributed by atoms with van der Waals surface area (Å²) in [6.07, 6.45) is 2.85. The van der Waals surface area contributed by atoms with Gasteiger partial charge >= 0.3 is 0 Å². The van der Waals surface area contributed by atoms with Gasteiger partial charge in [-0.15, -0.1) is 0 Å². The molecular formula is C16H19N3O. The van der Waals surface area contributed by atoms with Crippen molar-refractivity contribution in [2.45, 2.75) is 19.3 Å². The van der Waals surface area contributed by atoms with E-state index >= 15 is 0 Å². The van der Waals surface area contributed by atoms with Crippen LogP contribution in [0.3, 0.4) is 0 Å². The van der Waals surface area contributed by atoms with Crippen molar-refractivity contribution in [1.29, 1.82) is 0 Å². The molecule has 0 unspecified atom stereocenters. The second-order valence-electron chi connectivity index (χ2n) is 5.10. The van der Waals surface area contributed by atoms with Crippen LogP contribution in [0.2, 0.25) is 0 Å². The first-order valence-corrected chi connectivity index (χ1v) is 7.00. The third-order valence-electron chi connectivity index (χ3n) is 3.70. The minimum absolute atomic E-state index is 0.506. The number of nitrogens with zero attached hydrogens (tertiary/aromatic N) is 2. The topological polar surface area (TPSA) is 47.0 Å². The van der Waals surface area contributed by atoms with Crippen molar-refractivity contribution in [2.75, 3.05) is 20.2 Å². The van der Waals surface area contributed by atoms with E-state index in [9.17, 15) is 0 Å². The third-order valence-corrected chi connectivity index (χ3v) is 3.70. The van der Waals surface area contributed by atoms with Gasteiger partial charge in [0.05, 0.1) is 12.3 Å². The van der Waals surface area contributed by atoms with Crippen LogP contribution in [-0.4, -0.2) is 30.2 Å². The number of rotatable bonds is 3. The van der Waals surface area contributed by atoms with Gasteiger partial charge in [0.2, 0.25) is 0 Å². The maximum Gasteiger partial charge on any atom is 0.132 e. The number of fused-ring (bicyclic) bond motifs is 1. The molecule has 1 aliphatic heterocycles. The van der Waals surface area contributed by atoms with Gasteiger partial charge in [0, 0.05) is 24.2 Å². The fraction of sp³-hybridized carbons (Fsp3) is 0.375. The zero-order valence-corrected chi connectivity index (χ0v) is 11.9. The third kappa shape index (κ3) is 2.39. The lowest BCUT2D eigenvalue weighted by molar-refractivity contribution is 0.267. The summed E-state index contributed by atoms with van der Waals surface area (Å²) in [5.74, 6) is 2.27. The van der Waals surface area contributed by atoms with Gasteiger partial charge in [0.1, 0.15) is 11.6 Å². The molecule has 3 rings (SSSR count). The predicted molar refractivity (Wildman–Crippen MR) is 79.0 cm³/mol. The minimum atomic E-state index is 0.506. The van der Waals surface area contributed by atoms with Gasteiger partial charge in [-0.2, -0.15) is 0 Å². The quantitative estimate of drug-likeness (QED) is 0.930. The van der Waals surface area contributed by atoms with Crippen molar-refractivity contribution in [1.82, 2.24) is 15.3 Å². The largest absolute Gasteiger partial charge is 0.493 e. The molecule has 1 atom stereocenters. The fourth-order valence-electron chi connectivity index (χ4n) is 2.76. The molecule has 2 heterocycles. The highest BCUT2D eigenvalue weighted by molar-refractivity contribution is 5.70. The van der Waals surface area contributed by atoms with Crippen molar-refractivity contribution in [3.63, 3.8) is 0 Å². The summed E-state index contributed by atoms with van der Waals surface area (Å²) in [6.45, 7) is 3.65. The second-order valence-corrected chi connectivity index (χ2v) is 5.10. The molecule has 2 aromatic rings. The number of ether oxygens (including phenoxy) is 1. The van der Waals surface area contributed by atoms with Gasteiger partial charge in [-0.3, -0.25) is 0 Å². The van der Waals surface area contributed by atoms with Crippen molar-refractivity contribution in [3.05, 3.63) is 41.9 Å². The first-order valence-electron chi connectivity index (χ1n) is 7.00. The smallest absolute Gasteiger partial charge is 0.132 e. The number of para-hydroxylation sites is 1. The number of likely N-dealkylation sites (N-methyl/N-ethyl adjacent to an activating group) is 1. The molecule has 0 aliphatic carbocycles. The maximum absolute atomic E-state index is 5.94. The van der Waals surface area contributed by atoms with Gasteiger partial charge in [-0.05, 0) is 38.1 Å². The van der Waals surface area contributed by atoms with E-state index in [0.29, 0.717) is 5.92 Å². The Labute approximate surface area is 119 Å². The monoisotopic (exact) mass is 269 g/mol. The Hall–Kier alpha value is -1.94. The molecular weight excluding hydrogens is 250 g/mol. The number of hydrogen-bond acceptors (Lipinski definition) is 4. The molecule has 4 heteroatoms. The van der Waals surface area contributed by atoms with Crippen LogP contribution in [0, 0.1) is 6.92 Å². The lowest BCUT2D eigenvalue weighted by Gasteiger charge is -2.27. The lowest BCUT2D eigenvalue weighted by atomic mass is 9.90. The van der Waals surface area contributed by atoms with E-state index in [1.54, 1.807) is 6.20 Å². The highest BCUT2D eigenvalue weighted by Crippen LogP contribution is 2.40. The van der Waals surface area contributed by atoms with Gasteiger partial charge in [0.15, 0.2) is 0 Å². The Bertz CT molecular complexity index is 612. The van der Waals surface area contributed by atoms with Crippen molar-refractivity contribution in [2.24, 2.45) is 0 Å².